The molecule has 0 aliphatic rings. The van der Waals surface area contributed by atoms with Gasteiger partial charge in [0.15, 0.2) is 0 Å². The number of benzene rings is 5. The highest BCUT2D eigenvalue weighted by Crippen LogP contribution is 2.42. The molecule has 0 N–H and O–H groups in total. The number of hydrogen-bond acceptors (Lipinski definition) is 1. The summed E-state index contributed by atoms with van der Waals surface area (Å²) in [5, 5.41) is 7.87. The first-order valence-electron chi connectivity index (χ1n) is 10.3. The van der Waals surface area contributed by atoms with Gasteiger partial charge in [0.1, 0.15) is 0 Å². The number of nitrogens with zero attached hydrogens (tertiary/aromatic N) is 1. The fourth-order valence-electron chi connectivity index (χ4n) is 4.85. The standard InChI is InChI=1S/C28H16BrNS/c29-18-11-13-25-23(15-18)24-16-22-17(14-26(24)30(25)19-6-2-1-3-7-19)10-12-21-20-8-4-5-9-27(20)31-28(21)22/h1-16H. The van der Waals surface area contributed by atoms with Crippen molar-refractivity contribution in [2.45, 2.75) is 0 Å². The van der Waals surface area contributed by atoms with Crippen molar-refractivity contribution in [3.63, 3.8) is 0 Å². The zero-order chi connectivity index (χ0) is 20.5. The van der Waals surface area contributed by atoms with Gasteiger partial charge >= 0.3 is 0 Å². The average Bonchev–Trinajstić information content (AvgIpc) is 3.33. The van der Waals surface area contributed by atoms with E-state index < -0.39 is 0 Å². The molecule has 3 heteroatoms. The van der Waals surface area contributed by atoms with E-state index in [0.29, 0.717) is 0 Å². The van der Waals surface area contributed by atoms with Gasteiger partial charge in [0.2, 0.25) is 0 Å². The number of halogens is 1. The van der Waals surface area contributed by atoms with Crippen LogP contribution >= 0.6 is 27.3 Å². The lowest BCUT2D eigenvalue weighted by Gasteiger charge is -2.08. The Labute approximate surface area is 191 Å². The van der Waals surface area contributed by atoms with Crippen LogP contribution in [-0.4, -0.2) is 4.57 Å². The summed E-state index contributed by atoms with van der Waals surface area (Å²) >= 11 is 5.58. The van der Waals surface area contributed by atoms with Gasteiger partial charge in [0.05, 0.1) is 11.0 Å². The van der Waals surface area contributed by atoms with Gasteiger partial charge in [0, 0.05) is 46.5 Å². The highest BCUT2D eigenvalue weighted by atomic mass is 79.9. The minimum atomic E-state index is 1.10. The number of hydrogen-bond donors (Lipinski definition) is 0. The molecule has 0 aliphatic carbocycles. The van der Waals surface area contributed by atoms with Gasteiger partial charge < -0.3 is 4.57 Å². The van der Waals surface area contributed by atoms with Gasteiger partial charge in [-0.3, -0.25) is 0 Å². The molecule has 0 spiro atoms. The first-order chi connectivity index (χ1) is 15.3. The van der Waals surface area contributed by atoms with E-state index in [1.54, 1.807) is 0 Å². The number of rotatable bonds is 1. The van der Waals surface area contributed by atoms with Crippen LogP contribution in [0.5, 0.6) is 0 Å². The molecule has 2 heterocycles. The molecule has 146 valence electrons. The fraction of sp³-hybridized carbons (Fsp3) is 0. The molecular formula is C28H16BrNS. The SMILES string of the molecule is Brc1ccc2c(c1)c1cc3c(ccc4c5ccccc5sc34)cc1n2-c1ccccc1. The third-order valence-electron chi connectivity index (χ3n) is 6.22. The van der Waals surface area contributed by atoms with Crippen LogP contribution in [0.3, 0.4) is 0 Å². The van der Waals surface area contributed by atoms with Gasteiger partial charge in [-0.1, -0.05) is 64.5 Å². The minimum absolute atomic E-state index is 1.10. The van der Waals surface area contributed by atoms with Gasteiger partial charge in [-0.2, -0.15) is 0 Å². The molecule has 0 unspecified atom stereocenters. The highest BCUT2D eigenvalue weighted by Gasteiger charge is 2.15. The lowest BCUT2D eigenvalue weighted by Crippen LogP contribution is -1.93. The van der Waals surface area contributed by atoms with Gasteiger partial charge in [-0.05, 0) is 53.9 Å². The van der Waals surface area contributed by atoms with Crippen molar-refractivity contribution >= 4 is 80.0 Å². The summed E-state index contributed by atoms with van der Waals surface area (Å²) in [5.41, 5.74) is 3.66. The number of thiophene rings is 1. The Kier molecular flexibility index (Phi) is 3.64. The maximum atomic E-state index is 3.69. The molecule has 7 aromatic rings. The first-order valence-corrected chi connectivity index (χ1v) is 11.9. The Morgan fingerprint density at radius 2 is 1.39 bits per heavy atom. The lowest BCUT2D eigenvalue weighted by molar-refractivity contribution is 1.18. The molecule has 5 aromatic carbocycles. The summed E-state index contributed by atoms with van der Waals surface area (Å²) < 4.78 is 6.20. The van der Waals surface area contributed by atoms with E-state index in [1.165, 1.54) is 58.4 Å². The summed E-state index contributed by atoms with van der Waals surface area (Å²) in [6, 6.07) is 35.3. The predicted octanol–water partition coefficient (Wildman–Crippen LogP) is 9.07. The molecular weight excluding hydrogens is 462 g/mol. The summed E-state index contributed by atoms with van der Waals surface area (Å²) in [7, 11) is 0. The predicted molar refractivity (Wildman–Crippen MR) is 139 cm³/mol. The van der Waals surface area contributed by atoms with E-state index >= 15 is 0 Å². The van der Waals surface area contributed by atoms with Crippen molar-refractivity contribution in [3.05, 3.63) is 102 Å². The number of aromatic nitrogens is 1. The van der Waals surface area contributed by atoms with Crippen LogP contribution in [0, 0.1) is 0 Å². The average molecular weight is 478 g/mol. The van der Waals surface area contributed by atoms with Crippen molar-refractivity contribution in [2.24, 2.45) is 0 Å². The molecule has 0 radical (unpaired) electrons. The Hall–Kier alpha value is -3.14. The second kappa shape index (κ2) is 6.43. The van der Waals surface area contributed by atoms with E-state index in [1.807, 2.05) is 11.3 Å². The maximum Gasteiger partial charge on any atom is 0.0547 e. The normalized spacial score (nSPS) is 12.0. The van der Waals surface area contributed by atoms with Crippen LogP contribution in [0.15, 0.2) is 102 Å². The van der Waals surface area contributed by atoms with Crippen LogP contribution in [-0.2, 0) is 0 Å². The zero-order valence-electron chi connectivity index (χ0n) is 16.5. The molecule has 1 nitrogen and oxygen atoms in total. The molecule has 0 saturated carbocycles. The smallest absolute Gasteiger partial charge is 0.0547 e. The molecule has 2 aromatic heterocycles. The second-order valence-corrected chi connectivity index (χ2v) is 9.93. The monoisotopic (exact) mass is 477 g/mol. The van der Waals surface area contributed by atoms with Crippen molar-refractivity contribution in [1.29, 1.82) is 0 Å². The van der Waals surface area contributed by atoms with E-state index in [9.17, 15) is 0 Å². The minimum Gasteiger partial charge on any atom is -0.309 e. The fourth-order valence-corrected chi connectivity index (χ4v) is 6.44. The maximum absolute atomic E-state index is 3.69. The van der Waals surface area contributed by atoms with Gasteiger partial charge in [0.25, 0.3) is 0 Å². The highest BCUT2D eigenvalue weighted by molar-refractivity contribution is 9.10. The Balaban J connectivity index is 1.69. The van der Waals surface area contributed by atoms with Crippen molar-refractivity contribution in [2.75, 3.05) is 0 Å². The molecule has 31 heavy (non-hydrogen) atoms. The van der Waals surface area contributed by atoms with Crippen LogP contribution < -0.4 is 0 Å². The molecule has 7 rings (SSSR count). The van der Waals surface area contributed by atoms with Crippen molar-refractivity contribution in [1.82, 2.24) is 4.57 Å². The van der Waals surface area contributed by atoms with E-state index in [-0.39, 0.29) is 0 Å². The molecule has 0 bridgehead atoms. The van der Waals surface area contributed by atoms with E-state index in [4.69, 9.17) is 0 Å². The third kappa shape index (κ3) is 2.48. The first kappa shape index (κ1) is 17.5. The second-order valence-electron chi connectivity index (χ2n) is 7.96. The lowest BCUT2D eigenvalue weighted by atomic mass is 10.0. The molecule has 0 amide bonds. The Morgan fingerprint density at radius 1 is 0.581 bits per heavy atom. The van der Waals surface area contributed by atoms with Crippen LogP contribution in [0.1, 0.15) is 0 Å². The van der Waals surface area contributed by atoms with Crippen molar-refractivity contribution in [3.8, 4) is 5.69 Å². The Bertz CT molecular complexity index is 1790. The molecule has 0 atom stereocenters. The largest absolute Gasteiger partial charge is 0.309 e. The third-order valence-corrected chi connectivity index (χ3v) is 7.93. The molecule has 0 aliphatic heterocycles. The number of para-hydroxylation sites is 1. The van der Waals surface area contributed by atoms with Gasteiger partial charge in [-0.15, -0.1) is 11.3 Å². The summed E-state index contributed by atoms with van der Waals surface area (Å²) in [6.07, 6.45) is 0. The van der Waals surface area contributed by atoms with E-state index in [2.05, 4.69) is 118 Å². The van der Waals surface area contributed by atoms with Crippen molar-refractivity contribution < 1.29 is 0 Å². The Morgan fingerprint density at radius 3 is 2.29 bits per heavy atom. The van der Waals surface area contributed by atoms with Crippen LogP contribution in [0.4, 0.5) is 0 Å². The summed E-state index contributed by atoms with van der Waals surface area (Å²) in [4.78, 5) is 0. The topological polar surface area (TPSA) is 4.93 Å². The molecule has 0 saturated heterocycles. The van der Waals surface area contributed by atoms with Crippen LogP contribution in [0.25, 0.3) is 58.4 Å². The quantitative estimate of drug-likeness (QED) is 0.222. The summed E-state index contributed by atoms with van der Waals surface area (Å²) in [6.45, 7) is 0. The zero-order valence-corrected chi connectivity index (χ0v) is 18.9. The molecule has 0 fully saturated rings. The number of fused-ring (bicyclic) bond motifs is 8. The summed E-state index contributed by atoms with van der Waals surface area (Å²) in [5.74, 6) is 0. The van der Waals surface area contributed by atoms with Gasteiger partial charge in [-0.25, -0.2) is 0 Å². The van der Waals surface area contributed by atoms with E-state index in [0.717, 1.165) is 4.47 Å². The van der Waals surface area contributed by atoms with Crippen LogP contribution in [0.2, 0.25) is 0 Å².